The maximum atomic E-state index is 12.7. The van der Waals surface area contributed by atoms with Crippen molar-refractivity contribution in [3.8, 4) is 0 Å². The molecule has 0 saturated carbocycles. The first kappa shape index (κ1) is 12.6. The number of rotatable bonds is 3. The first-order chi connectivity index (χ1) is 8.50. The number of carbonyl (C=O) groups excluding carboxylic acids is 1. The van der Waals surface area contributed by atoms with Gasteiger partial charge in [0.2, 0.25) is 0 Å². The van der Waals surface area contributed by atoms with Gasteiger partial charge in [-0.05, 0) is 18.2 Å². The number of aromatic nitrogens is 3. The van der Waals surface area contributed by atoms with Crippen LogP contribution in [0.5, 0.6) is 0 Å². The highest BCUT2D eigenvalue weighted by molar-refractivity contribution is 7.99. The third kappa shape index (κ3) is 2.70. The van der Waals surface area contributed by atoms with E-state index in [0.717, 1.165) is 23.9 Å². The highest BCUT2D eigenvalue weighted by Gasteiger charge is 2.33. The van der Waals surface area contributed by atoms with Crippen LogP contribution in [0.3, 0.4) is 0 Å². The summed E-state index contributed by atoms with van der Waals surface area (Å²) in [5.41, 5.74) is -1.34. The van der Waals surface area contributed by atoms with Crippen LogP contribution in [-0.4, -0.2) is 21.5 Å². The number of alkyl halides is 3. The smallest absolute Gasteiger partial charge is 0.298 e. The molecule has 1 aromatic heterocycles. The molecule has 1 heterocycles. The van der Waals surface area contributed by atoms with Crippen molar-refractivity contribution in [2.45, 2.75) is 16.2 Å². The molecule has 0 fully saturated rings. The number of nitrogens with one attached hydrogen (secondary N) is 1. The average Bonchev–Trinajstić information content (AvgIpc) is 2.80. The van der Waals surface area contributed by atoms with Crippen molar-refractivity contribution in [3.63, 3.8) is 0 Å². The molecule has 0 aliphatic heterocycles. The van der Waals surface area contributed by atoms with Gasteiger partial charge in [-0.25, -0.2) is 4.98 Å². The molecular formula is C10H6F3N3OS. The normalized spacial score (nSPS) is 11.5. The molecule has 2 aromatic rings. The van der Waals surface area contributed by atoms with Crippen LogP contribution in [0.2, 0.25) is 0 Å². The molecule has 4 nitrogen and oxygen atoms in total. The summed E-state index contributed by atoms with van der Waals surface area (Å²) in [6, 6.07) is 3.47. The molecular weight excluding hydrogens is 267 g/mol. The largest absolute Gasteiger partial charge is 0.417 e. The van der Waals surface area contributed by atoms with Crippen LogP contribution in [0.15, 0.2) is 34.6 Å². The molecule has 0 unspecified atom stereocenters. The monoisotopic (exact) mass is 273 g/mol. The minimum atomic E-state index is -4.56. The van der Waals surface area contributed by atoms with Gasteiger partial charge in [-0.15, -0.1) is 0 Å². The van der Waals surface area contributed by atoms with Crippen molar-refractivity contribution >= 4 is 18.0 Å². The van der Waals surface area contributed by atoms with E-state index in [1.807, 2.05) is 0 Å². The van der Waals surface area contributed by atoms with E-state index in [9.17, 15) is 18.0 Å². The zero-order valence-corrected chi connectivity index (χ0v) is 9.55. The number of benzene rings is 1. The fourth-order valence-corrected chi connectivity index (χ4v) is 2.04. The van der Waals surface area contributed by atoms with Crippen LogP contribution >= 0.6 is 11.8 Å². The highest BCUT2D eigenvalue weighted by atomic mass is 32.2. The lowest BCUT2D eigenvalue weighted by Crippen LogP contribution is -2.08. The van der Waals surface area contributed by atoms with Crippen LogP contribution < -0.4 is 0 Å². The Labute approximate surface area is 104 Å². The van der Waals surface area contributed by atoms with E-state index in [1.165, 1.54) is 12.4 Å². The van der Waals surface area contributed by atoms with Gasteiger partial charge in [0.15, 0.2) is 11.4 Å². The fraction of sp³-hybridized carbons (Fsp3) is 0.100. The molecule has 0 spiro atoms. The topological polar surface area (TPSA) is 58.6 Å². The third-order valence-corrected chi connectivity index (χ3v) is 2.94. The molecule has 18 heavy (non-hydrogen) atoms. The zero-order valence-electron chi connectivity index (χ0n) is 8.73. The van der Waals surface area contributed by atoms with E-state index in [2.05, 4.69) is 15.2 Å². The highest BCUT2D eigenvalue weighted by Crippen LogP contribution is 2.35. The molecule has 0 bridgehead atoms. The number of aldehydes is 1. The molecule has 0 atom stereocenters. The first-order valence-corrected chi connectivity index (χ1v) is 5.52. The Morgan fingerprint density at radius 1 is 1.33 bits per heavy atom. The molecule has 0 saturated heterocycles. The minimum Gasteiger partial charge on any atom is -0.298 e. The maximum absolute atomic E-state index is 12.7. The van der Waals surface area contributed by atoms with Gasteiger partial charge < -0.3 is 0 Å². The van der Waals surface area contributed by atoms with Gasteiger partial charge in [-0.2, -0.15) is 18.3 Å². The van der Waals surface area contributed by atoms with Crippen LogP contribution in [0, 0.1) is 0 Å². The summed E-state index contributed by atoms with van der Waals surface area (Å²) in [4.78, 5) is 14.7. The molecule has 1 N–H and O–H groups in total. The van der Waals surface area contributed by atoms with E-state index < -0.39 is 11.7 Å². The second kappa shape index (κ2) is 4.81. The summed E-state index contributed by atoms with van der Waals surface area (Å²) in [7, 11) is 0. The number of aromatic amines is 1. The van der Waals surface area contributed by atoms with Crippen molar-refractivity contribution in [2.75, 3.05) is 0 Å². The van der Waals surface area contributed by atoms with Gasteiger partial charge in [0.1, 0.15) is 6.33 Å². The summed E-state index contributed by atoms with van der Waals surface area (Å²) in [6.07, 6.45) is -3.12. The Hall–Kier alpha value is -1.83. The van der Waals surface area contributed by atoms with Crippen LogP contribution in [0.25, 0.3) is 0 Å². The molecule has 94 valence electrons. The quantitative estimate of drug-likeness (QED) is 0.874. The summed E-state index contributed by atoms with van der Waals surface area (Å²) in [5.74, 6) is 0. The number of hydrogen-bond donors (Lipinski definition) is 1. The van der Waals surface area contributed by atoms with Crippen LogP contribution in [0.4, 0.5) is 13.2 Å². The summed E-state index contributed by atoms with van der Waals surface area (Å²) < 4.78 is 38.1. The summed E-state index contributed by atoms with van der Waals surface area (Å²) in [5, 5.41) is 6.49. The standard InChI is InChI=1S/C10H6F3N3OS/c11-10(12,13)8-3-7(2-1-6(8)4-17)18-9-14-5-15-16-9/h1-5H,(H,14,15,16). The number of hydrogen-bond acceptors (Lipinski definition) is 4. The lowest BCUT2D eigenvalue weighted by Gasteiger charge is -2.10. The molecule has 0 radical (unpaired) electrons. The van der Waals surface area contributed by atoms with Crippen molar-refractivity contribution in [1.29, 1.82) is 0 Å². The molecule has 0 amide bonds. The molecule has 2 rings (SSSR count). The maximum Gasteiger partial charge on any atom is 0.417 e. The third-order valence-electron chi connectivity index (χ3n) is 2.06. The van der Waals surface area contributed by atoms with Gasteiger partial charge in [0.05, 0.1) is 5.56 Å². The minimum absolute atomic E-state index is 0.186. The Balaban J connectivity index is 2.37. The Kier molecular flexibility index (Phi) is 3.37. The second-order valence-electron chi connectivity index (χ2n) is 3.26. The van der Waals surface area contributed by atoms with E-state index in [4.69, 9.17) is 0 Å². The van der Waals surface area contributed by atoms with Gasteiger partial charge >= 0.3 is 6.18 Å². The summed E-state index contributed by atoms with van der Waals surface area (Å²) in [6.45, 7) is 0. The molecule has 1 aromatic carbocycles. The number of carbonyl (C=O) groups is 1. The van der Waals surface area contributed by atoms with Gasteiger partial charge in [-0.1, -0.05) is 11.8 Å². The number of halogens is 3. The van der Waals surface area contributed by atoms with Gasteiger partial charge in [0.25, 0.3) is 0 Å². The van der Waals surface area contributed by atoms with E-state index in [0.29, 0.717) is 10.1 Å². The lowest BCUT2D eigenvalue weighted by atomic mass is 10.1. The van der Waals surface area contributed by atoms with E-state index >= 15 is 0 Å². The zero-order chi connectivity index (χ0) is 13.2. The number of H-pyrrole nitrogens is 1. The number of nitrogens with zero attached hydrogens (tertiary/aromatic N) is 2. The molecule has 8 heteroatoms. The predicted octanol–water partition coefficient (Wildman–Crippen LogP) is 2.79. The Bertz CT molecular complexity index is 554. The van der Waals surface area contributed by atoms with Crippen molar-refractivity contribution in [3.05, 3.63) is 35.7 Å². The predicted molar refractivity (Wildman–Crippen MR) is 57.3 cm³/mol. The van der Waals surface area contributed by atoms with E-state index in [1.54, 1.807) is 0 Å². The van der Waals surface area contributed by atoms with Gasteiger partial charge in [0, 0.05) is 10.5 Å². The molecule has 0 aliphatic carbocycles. The van der Waals surface area contributed by atoms with E-state index in [-0.39, 0.29) is 11.8 Å². The van der Waals surface area contributed by atoms with Crippen molar-refractivity contribution in [2.24, 2.45) is 0 Å². The Morgan fingerprint density at radius 2 is 2.11 bits per heavy atom. The van der Waals surface area contributed by atoms with Crippen molar-refractivity contribution < 1.29 is 18.0 Å². The SMILES string of the molecule is O=Cc1ccc(Sc2ncn[nH]2)cc1C(F)(F)F. The van der Waals surface area contributed by atoms with Crippen molar-refractivity contribution in [1.82, 2.24) is 15.2 Å². The lowest BCUT2D eigenvalue weighted by molar-refractivity contribution is -0.138. The van der Waals surface area contributed by atoms with Crippen LogP contribution in [-0.2, 0) is 6.18 Å². The fourth-order valence-electron chi connectivity index (χ4n) is 1.30. The second-order valence-corrected chi connectivity index (χ2v) is 4.32. The first-order valence-electron chi connectivity index (χ1n) is 4.70. The average molecular weight is 273 g/mol. The summed E-state index contributed by atoms with van der Waals surface area (Å²) >= 11 is 0.999. The molecule has 0 aliphatic rings. The van der Waals surface area contributed by atoms with Crippen LogP contribution in [0.1, 0.15) is 15.9 Å². The van der Waals surface area contributed by atoms with Gasteiger partial charge in [-0.3, -0.25) is 9.89 Å². The Morgan fingerprint density at radius 3 is 2.67 bits per heavy atom.